The first-order valence-corrected chi connectivity index (χ1v) is 7.97. The van der Waals surface area contributed by atoms with E-state index in [9.17, 15) is 0 Å². The summed E-state index contributed by atoms with van der Waals surface area (Å²) in [4.78, 5) is 6.77. The third-order valence-corrected chi connectivity index (χ3v) is 4.29. The van der Waals surface area contributed by atoms with Crippen molar-refractivity contribution < 1.29 is 0 Å². The molecule has 0 aromatic heterocycles. The number of para-hydroxylation sites is 2. The molecule has 0 bridgehead atoms. The van der Waals surface area contributed by atoms with Crippen molar-refractivity contribution in [2.45, 2.75) is 32.4 Å². The van der Waals surface area contributed by atoms with Crippen molar-refractivity contribution >= 4 is 28.3 Å². The Balaban J connectivity index is 1.99. The Morgan fingerprint density at radius 3 is 2.65 bits per heavy atom. The molecule has 0 radical (unpaired) electrons. The van der Waals surface area contributed by atoms with Crippen LogP contribution >= 0.6 is 11.8 Å². The lowest BCUT2D eigenvalue weighted by atomic mass is 9.90. The first kappa shape index (κ1) is 15.2. The molecular formula is C16H25N3S. The van der Waals surface area contributed by atoms with Gasteiger partial charge in [-0.05, 0) is 24.0 Å². The lowest BCUT2D eigenvalue weighted by Crippen LogP contribution is -2.17. The fourth-order valence-corrected chi connectivity index (χ4v) is 3.73. The van der Waals surface area contributed by atoms with E-state index in [2.05, 4.69) is 74.3 Å². The number of rotatable bonds is 3. The molecule has 1 aliphatic rings. The summed E-state index contributed by atoms with van der Waals surface area (Å²) < 4.78 is 0. The van der Waals surface area contributed by atoms with Crippen molar-refractivity contribution in [3.8, 4) is 0 Å². The lowest BCUT2D eigenvalue weighted by Gasteiger charge is -2.22. The Morgan fingerprint density at radius 2 is 2.00 bits per heavy atom. The third kappa shape index (κ3) is 4.17. The second kappa shape index (κ2) is 6.08. The van der Waals surface area contributed by atoms with Crippen molar-refractivity contribution in [1.82, 2.24) is 0 Å². The summed E-state index contributed by atoms with van der Waals surface area (Å²) in [5, 5.41) is 5.13. The van der Waals surface area contributed by atoms with Crippen molar-refractivity contribution in [2.75, 3.05) is 30.9 Å². The van der Waals surface area contributed by atoms with Gasteiger partial charge in [-0.25, -0.2) is 0 Å². The van der Waals surface area contributed by atoms with Crippen LogP contribution in [-0.4, -0.2) is 31.1 Å². The van der Waals surface area contributed by atoms with Crippen LogP contribution in [0.3, 0.4) is 0 Å². The highest BCUT2D eigenvalue weighted by atomic mass is 32.2. The number of hydrogen-bond acceptors (Lipinski definition) is 4. The second-order valence-corrected chi connectivity index (χ2v) is 7.98. The van der Waals surface area contributed by atoms with Crippen molar-refractivity contribution in [3.63, 3.8) is 0 Å². The van der Waals surface area contributed by atoms with Crippen LogP contribution in [0.1, 0.15) is 27.2 Å². The average molecular weight is 291 g/mol. The van der Waals surface area contributed by atoms with Crippen LogP contribution < -0.4 is 10.2 Å². The molecule has 20 heavy (non-hydrogen) atoms. The smallest absolute Gasteiger partial charge is 0.161 e. The number of anilines is 2. The minimum atomic E-state index is 0.365. The first-order chi connectivity index (χ1) is 9.35. The predicted octanol–water partition coefficient (Wildman–Crippen LogP) is 4.07. The summed E-state index contributed by atoms with van der Waals surface area (Å²) in [5.41, 5.74) is 2.68. The highest BCUT2D eigenvalue weighted by Crippen LogP contribution is 2.33. The van der Waals surface area contributed by atoms with Crippen LogP contribution in [0.15, 0.2) is 29.3 Å². The van der Waals surface area contributed by atoms with Crippen molar-refractivity contribution in [2.24, 2.45) is 10.4 Å². The number of benzene rings is 1. The van der Waals surface area contributed by atoms with Crippen LogP contribution in [0, 0.1) is 5.41 Å². The molecule has 1 atom stereocenters. The highest BCUT2D eigenvalue weighted by molar-refractivity contribution is 8.15. The summed E-state index contributed by atoms with van der Waals surface area (Å²) >= 11 is 1.87. The first-order valence-electron chi connectivity index (χ1n) is 7.10. The van der Waals surface area contributed by atoms with E-state index < -0.39 is 0 Å². The average Bonchev–Trinajstić information content (AvgIpc) is 2.74. The second-order valence-electron chi connectivity index (χ2n) is 6.69. The van der Waals surface area contributed by atoms with Gasteiger partial charge in [0.05, 0.1) is 17.9 Å². The Morgan fingerprint density at radius 1 is 1.30 bits per heavy atom. The molecule has 0 fully saturated rings. The maximum absolute atomic E-state index is 4.65. The SMILES string of the molecule is CN(C)c1ccccc1NC1=NCC(CC(C)(C)C)S1. The van der Waals surface area contributed by atoms with E-state index in [0.29, 0.717) is 10.7 Å². The minimum Gasteiger partial charge on any atom is -0.376 e. The van der Waals surface area contributed by atoms with Gasteiger partial charge < -0.3 is 10.2 Å². The van der Waals surface area contributed by atoms with Crippen molar-refractivity contribution in [3.05, 3.63) is 24.3 Å². The molecule has 3 nitrogen and oxygen atoms in total. The summed E-state index contributed by atoms with van der Waals surface area (Å²) in [7, 11) is 4.12. The van der Waals surface area contributed by atoms with Crippen LogP contribution in [0.5, 0.6) is 0 Å². The standard InChI is InChI=1S/C16H25N3S/c1-16(2,3)10-12-11-17-15(20-12)18-13-8-6-7-9-14(13)19(4)5/h6-9,12H,10-11H2,1-5H3,(H,17,18). The molecule has 0 spiro atoms. The van der Waals surface area contributed by atoms with Gasteiger partial charge in [0.1, 0.15) is 0 Å². The molecule has 0 aliphatic carbocycles. The molecule has 1 unspecified atom stereocenters. The summed E-state index contributed by atoms with van der Waals surface area (Å²) in [6, 6.07) is 8.35. The number of nitrogens with zero attached hydrogens (tertiary/aromatic N) is 2. The summed E-state index contributed by atoms with van der Waals surface area (Å²) in [5.74, 6) is 0. The molecule has 1 heterocycles. The minimum absolute atomic E-state index is 0.365. The molecule has 0 saturated heterocycles. The summed E-state index contributed by atoms with van der Waals surface area (Å²) in [6.45, 7) is 7.80. The van der Waals surface area contributed by atoms with Gasteiger partial charge in [-0.15, -0.1) is 0 Å². The zero-order chi connectivity index (χ0) is 14.8. The Bertz CT molecular complexity index is 489. The van der Waals surface area contributed by atoms with Crippen LogP contribution in [0.25, 0.3) is 0 Å². The Kier molecular flexibility index (Phi) is 4.63. The quantitative estimate of drug-likeness (QED) is 0.909. The van der Waals surface area contributed by atoms with E-state index in [0.717, 1.165) is 17.4 Å². The Hall–Kier alpha value is -1.16. The monoisotopic (exact) mass is 291 g/mol. The molecule has 110 valence electrons. The molecule has 1 N–H and O–H groups in total. The number of nitrogens with one attached hydrogen (secondary N) is 1. The fourth-order valence-electron chi connectivity index (χ4n) is 2.36. The van der Waals surface area contributed by atoms with E-state index in [4.69, 9.17) is 0 Å². The Labute approximate surface area is 126 Å². The van der Waals surface area contributed by atoms with Crippen LogP contribution in [-0.2, 0) is 0 Å². The van der Waals surface area contributed by atoms with Gasteiger partial charge >= 0.3 is 0 Å². The van der Waals surface area contributed by atoms with E-state index in [1.165, 1.54) is 12.1 Å². The van der Waals surface area contributed by atoms with Gasteiger partial charge in [0.15, 0.2) is 5.17 Å². The predicted molar refractivity (Wildman–Crippen MR) is 92.1 cm³/mol. The molecule has 0 saturated carbocycles. The largest absolute Gasteiger partial charge is 0.376 e. The fraction of sp³-hybridized carbons (Fsp3) is 0.562. The number of amidine groups is 1. The van der Waals surface area contributed by atoms with Gasteiger partial charge in [-0.1, -0.05) is 44.7 Å². The molecule has 1 aromatic carbocycles. The van der Waals surface area contributed by atoms with E-state index in [1.54, 1.807) is 0 Å². The topological polar surface area (TPSA) is 27.6 Å². The normalized spacial score (nSPS) is 18.9. The zero-order valence-electron chi connectivity index (χ0n) is 13.1. The number of thioether (sulfide) groups is 1. The van der Waals surface area contributed by atoms with Crippen LogP contribution in [0.2, 0.25) is 0 Å². The molecule has 4 heteroatoms. The summed E-state index contributed by atoms with van der Waals surface area (Å²) in [6.07, 6.45) is 1.20. The zero-order valence-corrected chi connectivity index (χ0v) is 13.9. The van der Waals surface area contributed by atoms with Gasteiger partial charge in [0.2, 0.25) is 0 Å². The van der Waals surface area contributed by atoms with Crippen LogP contribution in [0.4, 0.5) is 11.4 Å². The lowest BCUT2D eigenvalue weighted by molar-refractivity contribution is 0.375. The van der Waals surface area contributed by atoms with E-state index >= 15 is 0 Å². The number of hydrogen-bond donors (Lipinski definition) is 1. The molecular weight excluding hydrogens is 266 g/mol. The third-order valence-electron chi connectivity index (χ3n) is 3.18. The van der Waals surface area contributed by atoms with Gasteiger partial charge in [-0.3, -0.25) is 4.99 Å². The molecule has 1 aliphatic heterocycles. The van der Waals surface area contributed by atoms with E-state index in [-0.39, 0.29) is 0 Å². The molecule has 2 rings (SSSR count). The van der Waals surface area contributed by atoms with Gasteiger partial charge in [-0.2, -0.15) is 0 Å². The molecule has 0 amide bonds. The molecule has 1 aromatic rings. The number of aliphatic imine (C=N–C) groups is 1. The van der Waals surface area contributed by atoms with Gasteiger partial charge in [0, 0.05) is 19.3 Å². The van der Waals surface area contributed by atoms with Crippen molar-refractivity contribution in [1.29, 1.82) is 0 Å². The maximum Gasteiger partial charge on any atom is 0.161 e. The highest BCUT2D eigenvalue weighted by Gasteiger charge is 2.25. The van der Waals surface area contributed by atoms with Gasteiger partial charge in [0.25, 0.3) is 0 Å². The van der Waals surface area contributed by atoms with E-state index in [1.807, 2.05) is 11.8 Å². The maximum atomic E-state index is 4.65.